The van der Waals surface area contributed by atoms with E-state index in [-0.39, 0.29) is 11.5 Å². The van der Waals surface area contributed by atoms with Crippen molar-refractivity contribution in [1.29, 1.82) is 0 Å². The Balaban J connectivity index is 1.66. The van der Waals surface area contributed by atoms with Crippen LogP contribution in [-0.4, -0.2) is 63.0 Å². The average Bonchev–Trinajstić information content (AvgIpc) is 2.69. The first kappa shape index (κ1) is 16.5. The van der Waals surface area contributed by atoms with Crippen LogP contribution in [0.5, 0.6) is 0 Å². The van der Waals surface area contributed by atoms with Gasteiger partial charge in [-0.1, -0.05) is 25.7 Å². The second-order valence-electron chi connectivity index (χ2n) is 6.09. The summed E-state index contributed by atoms with van der Waals surface area (Å²) in [7, 11) is -2.79. The molecule has 122 valence electrons. The van der Waals surface area contributed by atoms with Crippen LogP contribution in [0.25, 0.3) is 0 Å². The van der Waals surface area contributed by atoms with Crippen molar-refractivity contribution >= 4 is 15.8 Å². The molecule has 1 saturated heterocycles. The number of nitrogens with zero attached hydrogens (tertiary/aromatic N) is 2. The minimum Gasteiger partial charge on any atom is -0.370 e. The predicted molar refractivity (Wildman–Crippen MR) is 86.2 cm³/mol. The first-order chi connectivity index (χ1) is 10.1. The Morgan fingerprint density at radius 3 is 2.38 bits per heavy atom. The number of nitrogens with one attached hydrogen (secondary N) is 1. The number of sulfone groups is 1. The summed E-state index contributed by atoms with van der Waals surface area (Å²) in [5.74, 6) is 1.07. The van der Waals surface area contributed by atoms with Crippen LogP contribution in [0.1, 0.15) is 38.5 Å². The molecule has 3 N–H and O–H groups in total. The highest BCUT2D eigenvalue weighted by molar-refractivity contribution is 7.91. The third kappa shape index (κ3) is 6.22. The quantitative estimate of drug-likeness (QED) is 0.444. The smallest absolute Gasteiger partial charge is 0.188 e. The molecule has 7 heteroatoms. The number of hydrogen-bond donors (Lipinski definition) is 2. The number of hydrogen-bond acceptors (Lipinski definition) is 4. The highest BCUT2D eigenvalue weighted by atomic mass is 32.2. The highest BCUT2D eigenvalue weighted by Gasteiger charge is 2.20. The fourth-order valence-corrected chi connectivity index (χ4v) is 4.24. The van der Waals surface area contributed by atoms with Gasteiger partial charge in [0.15, 0.2) is 15.8 Å². The molecule has 0 atom stereocenters. The van der Waals surface area contributed by atoms with Gasteiger partial charge >= 0.3 is 0 Å². The molecule has 0 spiro atoms. The Labute approximate surface area is 128 Å². The molecule has 6 nitrogen and oxygen atoms in total. The van der Waals surface area contributed by atoms with Crippen LogP contribution >= 0.6 is 0 Å². The summed E-state index contributed by atoms with van der Waals surface area (Å²) in [6.45, 7) is 2.65. The maximum absolute atomic E-state index is 11.3. The average molecular weight is 316 g/mol. The van der Waals surface area contributed by atoms with Crippen molar-refractivity contribution in [2.24, 2.45) is 10.7 Å². The number of rotatable bonds is 4. The van der Waals surface area contributed by atoms with Gasteiger partial charge in [-0.15, -0.1) is 0 Å². The SMILES string of the molecule is NC(=NCCN1CCS(=O)(=O)CC1)NC1CCCCCC1. The molecule has 2 rings (SSSR count). The Hall–Kier alpha value is -0.820. The minimum atomic E-state index is -2.79. The van der Waals surface area contributed by atoms with E-state index in [1.54, 1.807) is 0 Å². The van der Waals surface area contributed by atoms with Gasteiger partial charge in [-0.2, -0.15) is 0 Å². The van der Waals surface area contributed by atoms with Crippen molar-refractivity contribution in [3.63, 3.8) is 0 Å². The van der Waals surface area contributed by atoms with Gasteiger partial charge < -0.3 is 11.1 Å². The Morgan fingerprint density at radius 1 is 1.14 bits per heavy atom. The normalized spacial score (nSPS) is 25.4. The molecule has 2 fully saturated rings. The molecule has 1 aliphatic carbocycles. The van der Waals surface area contributed by atoms with Crippen LogP contribution in [0.4, 0.5) is 0 Å². The molecule has 0 radical (unpaired) electrons. The summed E-state index contributed by atoms with van der Waals surface area (Å²) in [6, 6.07) is 0.469. The maximum atomic E-state index is 11.3. The van der Waals surface area contributed by atoms with Crippen LogP contribution in [-0.2, 0) is 9.84 Å². The van der Waals surface area contributed by atoms with Gasteiger partial charge in [-0.05, 0) is 12.8 Å². The van der Waals surface area contributed by atoms with Crippen LogP contribution in [0.3, 0.4) is 0 Å². The molecule has 21 heavy (non-hydrogen) atoms. The standard InChI is InChI=1S/C14H28N4O2S/c15-14(17-13-5-3-1-2-4-6-13)16-7-8-18-9-11-21(19,20)12-10-18/h13H,1-12H2,(H3,15,16,17). The van der Waals surface area contributed by atoms with Gasteiger partial charge in [-0.25, -0.2) is 8.42 Å². The molecular weight excluding hydrogens is 288 g/mol. The number of nitrogens with two attached hydrogens (primary N) is 1. The van der Waals surface area contributed by atoms with Crippen molar-refractivity contribution in [3.05, 3.63) is 0 Å². The lowest BCUT2D eigenvalue weighted by molar-refractivity contribution is 0.304. The van der Waals surface area contributed by atoms with E-state index in [4.69, 9.17) is 5.73 Å². The van der Waals surface area contributed by atoms with Crippen LogP contribution in [0.2, 0.25) is 0 Å². The van der Waals surface area contributed by atoms with Crippen LogP contribution in [0, 0.1) is 0 Å². The predicted octanol–water partition coefficient (Wildman–Crippen LogP) is 0.344. The largest absolute Gasteiger partial charge is 0.370 e. The van der Waals surface area contributed by atoms with E-state index < -0.39 is 9.84 Å². The van der Waals surface area contributed by atoms with Gasteiger partial charge in [-0.3, -0.25) is 9.89 Å². The molecule has 1 aliphatic heterocycles. The maximum Gasteiger partial charge on any atom is 0.188 e. The van der Waals surface area contributed by atoms with Crippen LogP contribution in [0.15, 0.2) is 4.99 Å². The van der Waals surface area contributed by atoms with Gasteiger partial charge in [0.25, 0.3) is 0 Å². The van der Waals surface area contributed by atoms with Crippen molar-refractivity contribution in [2.75, 3.05) is 37.7 Å². The van der Waals surface area contributed by atoms with Gasteiger partial charge in [0.1, 0.15) is 0 Å². The molecular formula is C14H28N4O2S. The second-order valence-corrected chi connectivity index (χ2v) is 8.40. The van der Waals surface area contributed by atoms with E-state index in [0.717, 1.165) is 6.54 Å². The summed E-state index contributed by atoms with van der Waals surface area (Å²) < 4.78 is 22.7. The molecule has 1 heterocycles. The molecule has 0 aromatic rings. The summed E-state index contributed by atoms with van der Waals surface area (Å²) in [6.07, 6.45) is 7.56. The van der Waals surface area contributed by atoms with Gasteiger partial charge in [0.05, 0.1) is 18.1 Å². The third-order valence-electron chi connectivity index (χ3n) is 4.34. The zero-order chi connectivity index (χ0) is 15.1. The number of guanidine groups is 1. The molecule has 0 unspecified atom stereocenters. The fraction of sp³-hybridized carbons (Fsp3) is 0.929. The summed E-state index contributed by atoms with van der Waals surface area (Å²) >= 11 is 0. The van der Waals surface area contributed by atoms with Crippen molar-refractivity contribution in [2.45, 2.75) is 44.6 Å². The topological polar surface area (TPSA) is 87.8 Å². The second kappa shape index (κ2) is 7.98. The molecule has 1 saturated carbocycles. The summed E-state index contributed by atoms with van der Waals surface area (Å²) in [4.78, 5) is 6.51. The van der Waals surface area contributed by atoms with E-state index in [2.05, 4.69) is 15.2 Å². The van der Waals surface area contributed by atoms with E-state index in [0.29, 0.717) is 31.6 Å². The molecule has 0 bridgehead atoms. The summed E-state index contributed by atoms with van der Waals surface area (Å²) in [5.41, 5.74) is 5.94. The van der Waals surface area contributed by atoms with E-state index >= 15 is 0 Å². The van der Waals surface area contributed by atoms with Gasteiger partial charge in [0, 0.05) is 25.7 Å². The molecule has 0 amide bonds. The number of aliphatic imine (C=N–C) groups is 1. The van der Waals surface area contributed by atoms with E-state index in [1.807, 2.05) is 0 Å². The van der Waals surface area contributed by atoms with E-state index in [1.165, 1.54) is 38.5 Å². The fourth-order valence-electron chi connectivity index (χ4n) is 2.96. The third-order valence-corrected chi connectivity index (χ3v) is 5.95. The zero-order valence-electron chi connectivity index (χ0n) is 12.8. The zero-order valence-corrected chi connectivity index (χ0v) is 13.6. The van der Waals surface area contributed by atoms with Crippen molar-refractivity contribution in [1.82, 2.24) is 10.2 Å². The van der Waals surface area contributed by atoms with Crippen LogP contribution < -0.4 is 11.1 Å². The first-order valence-electron chi connectivity index (χ1n) is 8.04. The highest BCUT2D eigenvalue weighted by Crippen LogP contribution is 2.16. The van der Waals surface area contributed by atoms with E-state index in [9.17, 15) is 8.42 Å². The Bertz CT molecular complexity index is 428. The molecule has 0 aromatic carbocycles. The Morgan fingerprint density at radius 2 is 1.76 bits per heavy atom. The van der Waals surface area contributed by atoms with Crippen molar-refractivity contribution < 1.29 is 8.42 Å². The van der Waals surface area contributed by atoms with Gasteiger partial charge in [0.2, 0.25) is 0 Å². The van der Waals surface area contributed by atoms with Crippen molar-refractivity contribution in [3.8, 4) is 0 Å². The minimum absolute atomic E-state index is 0.270. The molecule has 0 aromatic heterocycles. The Kier molecular flexibility index (Phi) is 6.29. The summed E-state index contributed by atoms with van der Waals surface area (Å²) in [5, 5.41) is 3.32. The lowest BCUT2D eigenvalue weighted by atomic mass is 10.1. The molecule has 2 aliphatic rings. The monoisotopic (exact) mass is 316 g/mol. The lowest BCUT2D eigenvalue weighted by Gasteiger charge is -2.25. The first-order valence-corrected chi connectivity index (χ1v) is 9.86. The lowest BCUT2D eigenvalue weighted by Crippen LogP contribution is -2.42.